The fraction of sp³-hybridized carbons (Fsp3) is 0.136. The largest absolute Gasteiger partial charge is 0.496 e. The first kappa shape index (κ1) is 18.9. The summed E-state index contributed by atoms with van der Waals surface area (Å²) in [6.45, 7) is 0. The quantitative estimate of drug-likeness (QED) is 0.558. The molecule has 2 aromatic heterocycles. The van der Waals surface area contributed by atoms with Crippen molar-refractivity contribution >= 4 is 22.5 Å². The number of ether oxygens (including phenoxy) is 3. The topological polar surface area (TPSA) is 119 Å². The number of hydrogen-bond acceptors (Lipinski definition) is 7. The summed E-state index contributed by atoms with van der Waals surface area (Å²) >= 11 is 0. The average molecular weight is 399 g/mol. The van der Waals surface area contributed by atoms with Crippen LogP contribution in [-0.2, 0) is 0 Å². The third-order valence-corrected chi connectivity index (χ3v) is 4.98. The van der Waals surface area contributed by atoms with E-state index < -0.39 is 0 Å². The van der Waals surface area contributed by atoms with E-state index in [0.29, 0.717) is 45.1 Å². The van der Waals surface area contributed by atoms with Crippen LogP contribution >= 0.6 is 0 Å². The molecule has 4 aromatic rings. The lowest BCUT2D eigenvalue weighted by Crippen LogP contribution is -2.06. The van der Waals surface area contributed by atoms with Gasteiger partial charge >= 0.3 is 0 Å². The van der Waals surface area contributed by atoms with Crippen molar-refractivity contribution < 1.29 is 14.2 Å². The van der Waals surface area contributed by atoms with Gasteiger partial charge in [0.1, 0.15) is 34.8 Å². The second kappa shape index (κ2) is 7.19. The predicted octanol–water partition coefficient (Wildman–Crippen LogP) is 3.51. The normalized spacial score (nSPS) is 10.6. The Morgan fingerprint density at radius 3 is 2.17 bits per heavy atom. The summed E-state index contributed by atoms with van der Waals surface area (Å²) in [7, 11) is 4.51. The molecule has 0 saturated heterocycles. The summed E-state index contributed by atoms with van der Waals surface area (Å²) in [6, 6.07) is 15.0. The van der Waals surface area contributed by atoms with E-state index in [1.165, 1.54) is 21.3 Å². The monoisotopic (exact) mass is 399 g/mol. The van der Waals surface area contributed by atoms with Gasteiger partial charge in [-0.15, -0.1) is 0 Å². The first-order valence-corrected chi connectivity index (χ1v) is 8.92. The Morgan fingerprint density at radius 2 is 1.53 bits per heavy atom. The minimum Gasteiger partial charge on any atom is -0.496 e. The van der Waals surface area contributed by atoms with Gasteiger partial charge in [0.25, 0.3) is 0 Å². The minimum absolute atomic E-state index is 0.146. The van der Waals surface area contributed by atoms with Gasteiger partial charge in [0.15, 0.2) is 17.1 Å². The second-order valence-corrected chi connectivity index (χ2v) is 6.40. The van der Waals surface area contributed by atoms with Gasteiger partial charge in [-0.25, -0.2) is 4.98 Å². The van der Waals surface area contributed by atoms with E-state index in [9.17, 15) is 10.5 Å². The minimum atomic E-state index is 0.146. The van der Waals surface area contributed by atoms with Crippen molar-refractivity contribution in [2.75, 3.05) is 27.1 Å². The molecule has 8 nitrogen and oxygen atoms in total. The predicted molar refractivity (Wildman–Crippen MR) is 112 cm³/mol. The van der Waals surface area contributed by atoms with E-state index in [2.05, 4.69) is 17.1 Å². The number of fused-ring (bicyclic) bond motifs is 3. The molecule has 4 rings (SSSR count). The van der Waals surface area contributed by atoms with Crippen molar-refractivity contribution in [3.8, 4) is 40.5 Å². The number of nitrogens with two attached hydrogens (primary N) is 1. The number of hydrogen-bond donors (Lipinski definition) is 1. The molecule has 0 aliphatic heterocycles. The van der Waals surface area contributed by atoms with Crippen LogP contribution in [0.5, 0.6) is 17.2 Å². The number of nitrogens with zero attached hydrogens (tertiary/aromatic N) is 4. The van der Waals surface area contributed by atoms with Crippen LogP contribution < -0.4 is 19.9 Å². The highest BCUT2D eigenvalue weighted by Gasteiger charge is 2.26. The molecule has 2 N–H and O–H groups in total. The number of pyridine rings is 1. The highest BCUT2D eigenvalue weighted by molar-refractivity contribution is 5.94. The molecule has 0 radical (unpaired) electrons. The third kappa shape index (κ3) is 2.55. The zero-order valence-corrected chi connectivity index (χ0v) is 16.6. The second-order valence-electron chi connectivity index (χ2n) is 6.40. The molecule has 0 aliphatic carbocycles. The van der Waals surface area contributed by atoms with E-state index in [4.69, 9.17) is 19.9 Å². The number of nitriles is 2. The SMILES string of the molecule is COc1cc(OC)c(-c2c(C#N)c(N)n3c(nc4ccccc43)c2C#N)cc1OC. The molecule has 0 aliphatic rings. The molecule has 2 heterocycles. The highest BCUT2D eigenvalue weighted by atomic mass is 16.5. The Balaban J connectivity index is 2.22. The van der Waals surface area contributed by atoms with Crippen LogP contribution in [0.2, 0.25) is 0 Å². The molecule has 0 spiro atoms. The summed E-state index contributed by atoms with van der Waals surface area (Å²) in [4.78, 5) is 4.59. The number of anilines is 1. The maximum atomic E-state index is 10.1. The Labute approximate surface area is 172 Å². The summed E-state index contributed by atoms with van der Waals surface area (Å²) in [5.74, 6) is 1.47. The van der Waals surface area contributed by atoms with Crippen molar-refractivity contribution in [2.45, 2.75) is 0 Å². The van der Waals surface area contributed by atoms with Crippen molar-refractivity contribution in [2.24, 2.45) is 0 Å². The standard InChI is InChI=1S/C22H17N5O3/c1-28-17-9-19(30-3)18(29-2)8-12(17)20-13(10-23)21(25)27-16-7-5-4-6-15(16)26-22(27)14(20)11-24/h4-9H,25H2,1-3H3. The number of benzene rings is 2. The van der Waals surface area contributed by atoms with Crippen molar-refractivity contribution in [1.29, 1.82) is 10.5 Å². The zero-order valence-electron chi connectivity index (χ0n) is 16.6. The van der Waals surface area contributed by atoms with Gasteiger partial charge in [-0.2, -0.15) is 10.5 Å². The van der Waals surface area contributed by atoms with Crippen LogP contribution in [0, 0.1) is 22.7 Å². The number of nitrogen functional groups attached to an aromatic ring is 1. The van der Waals surface area contributed by atoms with Crippen LogP contribution in [0.25, 0.3) is 27.8 Å². The van der Waals surface area contributed by atoms with Crippen LogP contribution in [0.1, 0.15) is 11.1 Å². The van der Waals surface area contributed by atoms with Crippen LogP contribution in [-0.4, -0.2) is 30.7 Å². The smallest absolute Gasteiger partial charge is 0.164 e. The zero-order chi connectivity index (χ0) is 21.4. The molecule has 0 amide bonds. The van der Waals surface area contributed by atoms with Crippen LogP contribution in [0.3, 0.4) is 0 Å². The van der Waals surface area contributed by atoms with Gasteiger partial charge in [0.2, 0.25) is 0 Å². The fourth-order valence-electron chi connectivity index (χ4n) is 3.63. The molecule has 0 unspecified atom stereocenters. The number of rotatable bonds is 4. The van der Waals surface area contributed by atoms with Crippen molar-refractivity contribution in [3.63, 3.8) is 0 Å². The molecule has 0 saturated carbocycles. The number of methoxy groups -OCH3 is 3. The Kier molecular flexibility index (Phi) is 4.53. The fourth-order valence-corrected chi connectivity index (χ4v) is 3.63. The van der Waals surface area contributed by atoms with Gasteiger partial charge in [0, 0.05) is 17.2 Å². The Bertz CT molecular complexity index is 1390. The number of imidazole rings is 1. The summed E-state index contributed by atoms with van der Waals surface area (Å²) in [5.41, 5.74) is 9.32. The lowest BCUT2D eigenvalue weighted by molar-refractivity contribution is 0.349. The third-order valence-electron chi connectivity index (χ3n) is 4.98. The first-order valence-electron chi connectivity index (χ1n) is 8.92. The summed E-state index contributed by atoms with van der Waals surface area (Å²) < 4.78 is 17.9. The van der Waals surface area contributed by atoms with Crippen LogP contribution in [0.15, 0.2) is 36.4 Å². The van der Waals surface area contributed by atoms with Crippen molar-refractivity contribution in [3.05, 3.63) is 47.5 Å². The molecule has 30 heavy (non-hydrogen) atoms. The average Bonchev–Trinajstić information content (AvgIpc) is 3.17. The van der Waals surface area contributed by atoms with Gasteiger partial charge in [-0.1, -0.05) is 12.1 Å². The molecular formula is C22H17N5O3. The Hall–Kier alpha value is -4.43. The van der Waals surface area contributed by atoms with E-state index in [1.807, 2.05) is 24.3 Å². The maximum Gasteiger partial charge on any atom is 0.164 e. The molecule has 0 atom stereocenters. The number of para-hydroxylation sites is 2. The molecule has 0 bridgehead atoms. The van der Waals surface area contributed by atoms with Gasteiger partial charge in [0.05, 0.1) is 32.4 Å². The van der Waals surface area contributed by atoms with E-state index in [-0.39, 0.29) is 16.9 Å². The maximum absolute atomic E-state index is 10.1. The lowest BCUT2D eigenvalue weighted by atomic mass is 9.95. The lowest BCUT2D eigenvalue weighted by Gasteiger charge is -2.17. The van der Waals surface area contributed by atoms with E-state index >= 15 is 0 Å². The highest BCUT2D eigenvalue weighted by Crippen LogP contribution is 2.44. The van der Waals surface area contributed by atoms with E-state index in [1.54, 1.807) is 16.5 Å². The Morgan fingerprint density at radius 1 is 0.900 bits per heavy atom. The molecule has 0 fully saturated rings. The summed E-state index contributed by atoms with van der Waals surface area (Å²) in [5, 5.41) is 20.0. The van der Waals surface area contributed by atoms with Gasteiger partial charge in [-0.05, 0) is 18.2 Å². The molecule has 148 valence electrons. The number of aromatic nitrogens is 2. The summed E-state index contributed by atoms with van der Waals surface area (Å²) in [6.07, 6.45) is 0. The molecule has 8 heteroatoms. The van der Waals surface area contributed by atoms with Crippen LogP contribution in [0.4, 0.5) is 5.82 Å². The molecule has 2 aromatic carbocycles. The first-order chi connectivity index (χ1) is 14.6. The molecular weight excluding hydrogens is 382 g/mol. The van der Waals surface area contributed by atoms with E-state index in [0.717, 1.165) is 0 Å². The van der Waals surface area contributed by atoms with Gasteiger partial charge < -0.3 is 19.9 Å². The van der Waals surface area contributed by atoms with Gasteiger partial charge in [-0.3, -0.25) is 4.40 Å². The van der Waals surface area contributed by atoms with Crippen molar-refractivity contribution in [1.82, 2.24) is 9.38 Å².